The first-order chi connectivity index (χ1) is 11.4. The predicted molar refractivity (Wildman–Crippen MR) is 77.2 cm³/mol. The van der Waals surface area contributed by atoms with Gasteiger partial charge in [0.15, 0.2) is 6.10 Å². The van der Waals surface area contributed by atoms with E-state index in [9.17, 15) is 35.8 Å². The van der Waals surface area contributed by atoms with E-state index in [-0.39, 0.29) is 6.07 Å². The summed E-state index contributed by atoms with van der Waals surface area (Å²) in [6, 6.07) is 8.61. The van der Waals surface area contributed by atoms with E-state index < -0.39 is 42.5 Å². The van der Waals surface area contributed by atoms with Gasteiger partial charge in [-0.1, -0.05) is 30.3 Å². The fourth-order valence-corrected chi connectivity index (χ4v) is 3.21. The zero-order valence-corrected chi connectivity index (χ0v) is 13.1. The van der Waals surface area contributed by atoms with Crippen molar-refractivity contribution in [1.29, 1.82) is 0 Å². The molecular formula is C15H11F6O3P. The molecule has 2 rings (SSSR count). The second kappa shape index (κ2) is 6.82. The summed E-state index contributed by atoms with van der Waals surface area (Å²) < 4.78 is 94.3. The summed E-state index contributed by atoms with van der Waals surface area (Å²) in [7, 11) is -4.92. The van der Waals surface area contributed by atoms with Crippen molar-refractivity contribution >= 4 is 12.9 Å². The third-order valence-electron chi connectivity index (χ3n) is 3.14. The van der Waals surface area contributed by atoms with E-state index in [4.69, 9.17) is 0 Å². The Bertz CT molecular complexity index is 773. The minimum atomic E-state index is -5.20. The van der Waals surface area contributed by atoms with Crippen molar-refractivity contribution in [2.24, 2.45) is 0 Å². The van der Waals surface area contributed by atoms with Crippen molar-refractivity contribution in [3.05, 3.63) is 65.7 Å². The van der Waals surface area contributed by atoms with Gasteiger partial charge in [-0.05, 0) is 29.8 Å². The zero-order valence-electron chi connectivity index (χ0n) is 12.3. The van der Waals surface area contributed by atoms with Crippen LogP contribution in [0.2, 0.25) is 0 Å². The third-order valence-corrected chi connectivity index (χ3v) is 4.59. The van der Waals surface area contributed by atoms with Gasteiger partial charge in [-0.25, -0.2) is 0 Å². The fourth-order valence-electron chi connectivity index (χ4n) is 2.01. The first kappa shape index (κ1) is 19.5. The smallest absolute Gasteiger partial charge is 0.321 e. The van der Waals surface area contributed by atoms with E-state index in [0.717, 1.165) is 24.3 Å². The number of hydrogen-bond acceptors (Lipinski definition) is 2. The van der Waals surface area contributed by atoms with Crippen LogP contribution in [0, 0.1) is 0 Å². The van der Waals surface area contributed by atoms with Crippen LogP contribution in [0.4, 0.5) is 26.3 Å². The molecule has 2 aromatic carbocycles. The fraction of sp³-hybridized carbons (Fsp3) is 0.200. The number of rotatable bonds is 4. The average Bonchev–Trinajstić information content (AvgIpc) is 2.52. The molecule has 0 aliphatic carbocycles. The highest BCUT2D eigenvalue weighted by molar-refractivity contribution is 7.61. The minimum absolute atomic E-state index is 0.239. The molecule has 0 aliphatic rings. The lowest BCUT2D eigenvalue weighted by Crippen LogP contribution is -2.25. The Kier molecular flexibility index (Phi) is 5.32. The first-order valence-corrected chi connectivity index (χ1v) is 8.30. The molecule has 0 amide bonds. The van der Waals surface area contributed by atoms with E-state index in [1.807, 2.05) is 0 Å². The maximum absolute atomic E-state index is 13.2. The molecule has 0 spiro atoms. The highest BCUT2D eigenvalue weighted by Gasteiger charge is 2.47. The average molecular weight is 384 g/mol. The van der Waals surface area contributed by atoms with Gasteiger partial charge in [0, 0.05) is 0 Å². The molecule has 25 heavy (non-hydrogen) atoms. The Labute approximate surface area is 138 Å². The van der Waals surface area contributed by atoms with Crippen LogP contribution < -0.4 is 5.30 Å². The van der Waals surface area contributed by atoms with E-state index >= 15 is 0 Å². The van der Waals surface area contributed by atoms with Gasteiger partial charge in [-0.15, -0.1) is 0 Å². The maximum atomic E-state index is 13.2. The highest BCUT2D eigenvalue weighted by Crippen LogP contribution is 2.51. The molecule has 136 valence electrons. The second-order valence-electron chi connectivity index (χ2n) is 5.01. The Hall–Kier alpha value is -1.83. The molecule has 3 nitrogen and oxygen atoms in total. The lowest BCUT2D eigenvalue weighted by Gasteiger charge is -2.24. The summed E-state index contributed by atoms with van der Waals surface area (Å²) in [5, 5.41) is -0.406. The molecule has 0 bridgehead atoms. The summed E-state index contributed by atoms with van der Waals surface area (Å²) in [5.74, 6) is 0. The van der Waals surface area contributed by atoms with Crippen LogP contribution in [0.5, 0.6) is 0 Å². The maximum Gasteiger partial charge on any atom is 0.419 e. The van der Waals surface area contributed by atoms with Crippen LogP contribution in [-0.2, 0) is 15.3 Å². The van der Waals surface area contributed by atoms with Gasteiger partial charge in [-0.2, -0.15) is 26.3 Å². The molecule has 0 fully saturated rings. The summed E-state index contributed by atoms with van der Waals surface area (Å²) in [5.41, 5.74) is -2.25. The molecule has 0 aromatic heterocycles. The lowest BCUT2D eigenvalue weighted by atomic mass is 10.1. The molecular weight excluding hydrogens is 373 g/mol. The molecule has 0 radical (unpaired) electrons. The SMILES string of the molecule is O=P(O)(OC(c1cccc(C(F)(F)F)c1)C(F)(F)F)c1ccccc1. The third kappa shape index (κ3) is 4.84. The normalized spacial score (nSPS) is 16.3. The summed E-state index contributed by atoms with van der Waals surface area (Å²) in [4.78, 5) is 9.82. The molecule has 0 saturated heterocycles. The highest BCUT2D eigenvalue weighted by atomic mass is 31.2. The number of benzene rings is 2. The second-order valence-corrected chi connectivity index (χ2v) is 6.77. The Morgan fingerprint density at radius 3 is 2.04 bits per heavy atom. The van der Waals surface area contributed by atoms with Crippen LogP contribution >= 0.6 is 7.60 Å². The monoisotopic (exact) mass is 384 g/mol. The van der Waals surface area contributed by atoms with E-state index in [1.54, 1.807) is 0 Å². The van der Waals surface area contributed by atoms with Gasteiger partial charge in [-0.3, -0.25) is 9.09 Å². The summed E-state index contributed by atoms with van der Waals surface area (Å²) in [6.07, 6.45) is -13.1. The largest absolute Gasteiger partial charge is 0.419 e. The Morgan fingerprint density at radius 1 is 0.920 bits per heavy atom. The number of alkyl halides is 6. The molecule has 0 aliphatic heterocycles. The summed E-state index contributed by atoms with van der Waals surface area (Å²) >= 11 is 0. The number of hydrogen-bond donors (Lipinski definition) is 1. The van der Waals surface area contributed by atoms with Crippen molar-refractivity contribution in [2.75, 3.05) is 0 Å². The van der Waals surface area contributed by atoms with Crippen LogP contribution in [0.25, 0.3) is 0 Å². The Balaban J connectivity index is 2.44. The van der Waals surface area contributed by atoms with E-state index in [2.05, 4.69) is 4.52 Å². The standard InChI is InChI=1S/C15H11F6O3P/c16-14(17,18)11-6-4-5-10(9-11)13(15(19,20)21)24-25(22,23)12-7-2-1-3-8-12/h1-9,13H,(H,22,23). The first-order valence-electron chi connectivity index (χ1n) is 6.72. The van der Waals surface area contributed by atoms with Gasteiger partial charge in [0.2, 0.25) is 0 Å². The van der Waals surface area contributed by atoms with Gasteiger partial charge in [0.1, 0.15) is 0 Å². The minimum Gasteiger partial charge on any atom is -0.321 e. The molecule has 1 N–H and O–H groups in total. The number of halogens is 6. The van der Waals surface area contributed by atoms with Gasteiger partial charge >= 0.3 is 19.9 Å². The molecule has 2 atom stereocenters. The molecule has 2 aromatic rings. The molecule has 0 heterocycles. The van der Waals surface area contributed by atoms with Crippen molar-refractivity contribution < 1.29 is 40.3 Å². The van der Waals surface area contributed by atoms with Gasteiger partial charge in [0.25, 0.3) is 0 Å². The van der Waals surface area contributed by atoms with Crippen molar-refractivity contribution in [3.8, 4) is 0 Å². The van der Waals surface area contributed by atoms with Crippen LogP contribution in [0.15, 0.2) is 54.6 Å². The van der Waals surface area contributed by atoms with Gasteiger partial charge < -0.3 is 4.89 Å². The van der Waals surface area contributed by atoms with Crippen molar-refractivity contribution in [3.63, 3.8) is 0 Å². The Morgan fingerprint density at radius 2 is 1.52 bits per heavy atom. The molecule has 0 saturated carbocycles. The summed E-state index contributed by atoms with van der Waals surface area (Å²) in [6.45, 7) is 0. The van der Waals surface area contributed by atoms with Crippen molar-refractivity contribution in [2.45, 2.75) is 18.5 Å². The molecule has 2 unspecified atom stereocenters. The predicted octanol–water partition coefficient (Wildman–Crippen LogP) is 4.84. The van der Waals surface area contributed by atoms with Crippen LogP contribution in [0.3, 0.4) is 0 Å². The topological polar surface area (TPSA) is 46.5 Å². The van der Waals surface area contributed by atoms with Crippen LogP contribution in [-0.4, -0.2) is 11.1 Å². The quantitative estimate of drug-likeness (QED) is 0.607. The lowest BCUT2D eigenvalue weighted by molar-refractivity contribution is -0.199. The zero-order chi connectivity index (χ0) is 18.9. The van der Waals surface area contributed by atoms with Crippen molar-refractivity contribution in [1.82, 2.24) is 0 Å². The van der Waals surface area contributed by atoms with E-state index in [0.29, 0.717) is 6.07 Å². The van der Waals surface area contributed by atoms with Gasteiger partial charge in [0.05, 0.1) is 10.9 Å². The van der Waals surface area contributed by atoms with E-state index in [1.165, 1.54) is 18.2 Å². The van der Waals surface area contributed by atoms with Crippen LogP contribution in [0.1, 0.15) is 17.2 Å². The molecule has 10 heteroatoms.